The van der Waals surface area contributed by atoms with Crippen LogP contribution in [0.5, 0.6) is 23.0 Å². The highest BCUT2D eigenvalue weighted by Gasteiger charge is 2.21. The van der Waals surface area contributed by atoms with E-state index in [0.717, 1.165) is 0 Å². The number of benzene rings is 2. The number of nitrogens with one attached hydrogen (secondary N) is 2. The minimum atomic E-state index is -0.661. The Morgan fingerprint density at radius 1 is 0.800 bits per heavy atom. The van der Waals surface area contributed by atoms with E-state index in [1.165, 1.54) is 39.5 Å². The Hall–Kier alpha value is -3.42. The number of phenols is 1. The van der Waals surface area contributed by atoms with Crippen LogP contribution in [0, 0.1) is 0 Å². The normalized spacial score (nSPS) is 9.88. The fraction of sp³-hybridized carbons (Fsp3) is 0.176. The summed E-state index contributed by atoms with van der Waals surface area (Å²) in [6, 6.07) is 8.98. The van der Waals surface area contributed by atoms with E-state index in [-0.39, 0.29) is 28.4 Å². The average Bonchev–Trinajstić information content (AvgIpc) is 2.64. The molecule has 0 aliphatic heterocycles. The van der Waals surface area contributed by atoms with Crippen molar-refractivity contribution in [2.45, 2.75) is 0 Å². The second kappa shape index (κ2) is 7.91. The van der Waals surface area contributed by atoms with Gasteiger partial charge in [-0.3, -0.25) is 20.4 Å². The molecule has 25 heavy (non-hydrogen) atoms. The summed E-state index contributed by atoms with van der Waals surface area (Å²) in [7, 11) is 4.26. The number of amides is 2. The zero-order valence-corrected chi connectivity index (χ0v) is 14.0. The predicted molar refractivity (Wildman–Crippen MR) is 89.1 cm³/mol. The molecule has 2 aromatic carbocycles. The molecule has 0 spiro atoms. The molecule has 0 aromatic heterocycles. The molecular weight excluding hydrogens is 328 g/mol. The highest BCUT2D eigenvalue weighted by atomic mass is 16.5. The summed E-state index contributed by atoms with van der Waals surface area (Å²) in [5.74, 6) is -0.666. The van der Waals surface area contributed by atoms with E-state index in [0.29, 0.717) is 5.75 Å². The molecule has 3 N–H and O–H groups in total. The first-order valence-electron chi connectivity index (χ1n) is 7.21. The third-order valence-corrected chi connectivity index (χ3v) is 3.39. The third kappa shape index (κ3) is 3.74. The Labute approximate surface area is 144 Å². The second-order valence-corrected chi connectivity index (χ2v) is 4.81. The highest BCUT2D eigenvalue weighted by Crippen LogP contribution is 2.39. The van der Waals surface area contributed by atoms with Crippen LogP contribution >= 0.6 is 0 Å². The molecule has 0 aliphatic carbocycles. The Morgan fingerprint density at radius 2 is 1.40 bits per heavy atom. The molecule has 8 heteroatoms. The Morgan fingerprint density at radius 3 is 1.96 bits per heavy atom. The average molecular weight is 346 g/mol. The first-order valence-corrected chi connectivity index (χ1v) is 7.21. The number of para-hydroxylation sites is 1. The van der Waals surface area contributed by atoms with Crippen LogP contribution in [0.15, 0.2) is 36.4 Å². The summed E-state index contributed by atoms with van der Waals surface area (Å²) in [5.41, 5.74) is 4.66. The fourth-order valence-corrected chi connectivity index (χ4v) is 2.19. The molecule has 0 saturated carbocycles. The number of hydrogen-bond acceptors (Lipinski definition) is 6. The first kappa shape index (κ1) is 17.9. The summed E-state index contributed by atoms with van der Waals surface area (Å²) in [6.07, 6.45) is 0. The summed E-state index contributed by atoms with van der Waals surface area (Å²) in [4.78, 5) is 24.4. The highest BCUT2D eigenvalue weighted by molar-refractivity contribution is 6.02. The van der Waals surface area contributed by atoms with Gasteiger partial charge in [0.25, 0.3) is 11.8 Å². The van der Waals surface area contributed by atoms with Gasteiger partial charge in [0.05, 0.1) is 32.5 Å². The SMILES string of the molecule is COc1ccc(C(=O)NNC(=O)c2ccccc2O)c(OC)c1OC. The van der Waals surface area contributed by atoms with Crippen LogP contribution in [0.2, 0.25) is 0 Å². The molecule has 0 radical (unpaired) electrons. The van der Waals surface area contributed by atoms with Gasteiger partial charge in [-0.15, -0.1) is 0 Å². The maximum atomic E-state index is 12.3. The van der Waals surface area contributed by atoms with Crippen LogP contribution in [0.25, 0.3) is 0 Å². The van der Waals surface area contributed by atoms with E-state index in [1.54, 1.807) is 18.2 Å². The molecule has 2 amide bonds. The molecule has 2 rings (SSSR count). The van der Waals surface area contributed by atoms with Crippen molar-refractivity contribution >= 4 is 11.8 Å². The summed E-state index contributed by atoms with van der Waals surface area (Å²) in [5, 5.41) is 9.65. The first-order chi connectivity index (χ1) is 12.0. The molecule has 132 valence electrons. The van der Waals surface area contributed by atoms with Crippen LogP contribution < -0.4 is 25.1 Å². The van der Waals surface area contributed by atoms with Gasteiger partial charge in [-0.1, -0.05) is 12.1 Å². The standard InChI is InChI=1S/C17H18N2O6/c1-23-13-9-8-11(14(24-2)15(13)25-3)17(22)19-18-16(21)10-6-4-5-7-12(10)20/h4-9,20H,1-3H3,(H,18,21)(H,19,22). The molecule has 8 nitrogen and oxygen atoms in total. The lowest BCUT2D eigenvalue weighted by atomic mass is 10.1. The van der Waals surface area contributed by atoms with Gasteiger partial charge in [0, 0.05) is 0 Å². The smallest absolute Gasteiger partial charge is 0.273 e. The van der Waals surface area contributed by atoms with Crippen molar-refractivity contribution in [3.8, 4) is 23.0 Å². The van der Waals surface area contributed by atoms with Crippen molar-refractivity contribution < 1.29 is 28.9 Å². The van der Waals surface area contributed by atoms with E-state index in [1.807, 2.05) is 0 Å². The summed E-state index contributed by atoms with van der Waals surface area (Å²) >= 11 is 0. The van der Waals surface area contributed by atoms with Gasteiger partial charge in [0.2, 0.25) is 5.75 Å². The summed E-state index contributed by atoms with van der Waals surface area (Å²) in [6.45, 7) is 0. The number of aromatic hydroxyl groups is 1. The molecule has 0 atom stereocenters. The third-order valence-electron chi connectivity index (χ3n) is 3.39. The van der Waals surface area contributed by atoms with Gasteiger partial charge in [0.1, 0.15) is 5.75 Å². The lowest BCUT2D eigenvalue weighted by Gasteiger charge is -2.15. The zero-order chi connectivity index (χ0) is 18.4. The number of hydrazine groups is 1. The van der Waals surface area contributed by atoms with Crippen LogP contribution in [0.4, 0.5) is 0 Å². The van der Waals surface area contributed by atoms with Crippen LogP contribution in [-0.4, -0.2) is 38.3 Å². The molecule has 2 aromatic rings. The van der Waals surface area contributed by atoms with Gasteiger partial charge in [-0.05, 0) is 24.3 Å². The molecule has 0 fully saturated rings. The molecule has 0 heterocycles. The molecule has 0 aliphatic rings. The fourth-order valence-electron chi connectivity index (χ4n) is 2.19. The number of methoxy groups -OCH3 is 3. The van der Waals surface area contributed by atoms with Gasteiger partial charge >= 0.3 is 0 Å². The van der Waals surface area contributed by atoms with Crippen molar-refractivity contribution in [2.75, 3.05) is 21.3 Å². The maximum Gasteiger partial charge on any atom is 0.273 e. The molecular formula is C17H18N2O6. The van der Waals surface area contributed by atoms with Crippen LogP contribution in [-0.2, 0) is 0 Å². The predicted octanol–water partition coefficient (Wildman–Crippen LogP) is 1.49. The number of carbonyl (C=O) groups is 2. The van der Waals surface area contributed by atoms with Crippen molar-refractivity contribution in [3.63, 3.8) is 0 Å². The van der Waals surface area contributed by atoms with Gasteiger partial charge < -0.3 is 19.3 Å². The van der Waals surface area contributed by atoms with Crippen molar-refractivity contribution in [3.05, 3.63) is 47.5 Å². The summed E-state index contributed by atoms with van der Waals surface area (Å²) < 4.78 is 15.6. The second-order valence-electron chi connectivity index (χ2n) is 4.81. The minimum absolute atomic E-state index is 0.0297. The van der Waals surface area contributed by atoms with E-state index in [9.17, 15) is 14.7 Å². The monoisotopic (exact) mass is 346 g/mol. The minimum Gasteiger partial charge on any atom is -0.507 e. The lowest BCUT2D eigenvalue weighted by Crippen LogP contribution is -2.41. The van der Waals surface area contributed by atoms with Crippen molar-refractivity contribution in [1.82, 2.24) is 10.9 Å². The van der Waals surface area contributed by atoms with Gasteiger partial charge in [-0.2, -0.15) is 0 Å². The topological polar surface area (TPSA) is 106 Å². The molecule has 0 bridgehead atoms. The zero-order valence-electron chi connectivity index (χ0n) is 14.0. The van der Waals surface area contributed by atoms with Crippen molar-refractivity contribution in [2.24, 2.45) is 0 Å². The van der Waals surface area contributed by atoms with E-state index >= 15 is 0 Å². The van der Waals surface area contributed by atoms with Crippen LogP contribution in [0.1, 0.15) is 20.7 Å². The Kier molecular flexibility index (Phi) is 5.67. The lowest BCUT2D eigenvalue weighted by molar-refractivity contribution is 0.0843. The number of rotatable bonds is 5. The largest absolute Gasteiger partial charge is 0.507 e. The molecule has 0 saturated heterocycles. The number of phenolic OH excluding ortho intramolecular Hbond substituents is 1. The quantitative estimate of drug-likeness (QED) is 0.708. The van der Waals surface area contributed by atoms with Gasteiger partial charge in [-0.25, -0.2) is 0 Å². The number of hydrogen-bond donors (Lipinski definition) is 3. The number of carbonyl (C=O) groups excluding carboxylic acids is 2. The Balaban J connectivity index is 2.19. The van der Waals surface area contributed by atoms with E-state index in [2.05, 4.69) is 10.9 Å². The van der Waals surface area contributed by atoms with Gasteiger partial charge in [0.15, 0.2) is 11.5 Å². The van der Waals surface area contributed by atoms with E-state index in [4.69, 9.17) is 14.2 Å². The van der Waals surface area contributed by atoms with Crippen molar-refractivity contribution in [1.29, 1.82) is 0 Å². The number of ether oxygens (including phenoxy) is 3. The Bertz CT molecular complexity index is 791. The maximum absolute atomic E-state index is 12.3. The van der Waals surface area contributed by atoms with Crippen LogP contribution in [0.3, 0.4) is 0 Å². The van der Waals surface area contributed by atoms with E-state index < -0.39 is 11.8 Å². The molecule has 0 unspecified atom stereocenters.